The Morgan fingerprint density at radius 2 is 0.869 bits per heavy atom. The third kappa shape index (κ3) is 57.7. The minimum atomic E-state index is -5.60. The number of anilines is 6. The van der Waals surface area contributed by atoms with Crippen LogP contribution in [0.5, 0.6) is 0 Å². The van der Waals surface area contributed by atoms with Gasteiger partial charge in [-0.25, -0.2) is 68.1 Å². The standard InChI is InChI=1S/C56H58N12O24S6.12Na.2O3S.4H2O/c1-55(2,33-93(75,76)77)65-49(73)18-22-67(40(31-71)20-24-69)53-60-47(27-35-8-6-5-7-9-35)59-48(61-53)28-36-10-11-37(45(26-36)97(87,88)89)12-13-38-14-15-39(29-46(38)98(90,91)92)57-51-62-52(58-43-30-42(95(81,82)83)16-17-44(43)96(84,85)86)64-54(63-51)68(41(32-72)21-25-70)23-19-50(74)66-56(3,4)34-94(78,79)80;;;;;;;;;;;;;2*1-4(2)3;;;;/h5-6,9-17,26,29-30,40-41H,18-23,27-28,33-34H2,1-4H3,(H,65,73)(H,66,74)(H,75,76,77)(H,78,79,80)(H,81,82,83)(H,84,85,86)(H,87,88,89)(H,90,91,92)(H2,57,58,62,63,64);;;;;;;;;;;;;;;4*1H2/q-6;12*+1;;;;;;/p-10/b13-12+;;;;;;;;;;;;;;;;;;. The fraction of sp³-hybridized carbons (Fsp3) is 0.321. The van der Waals surface area contributed by atoms with E-state index in [0.717, 1.165) is 46.2 Å². The number of rotatable bonds is 36. The molecule has 122 heavy (non-hydrogen) atoms. The molecule has 0 spiro atoms. The molecule has 8 N–H and O–H groups in total. The van der Waals surface area contributed by atoms with Gasteiger partial charge >= 0.3 is 376 Å². The molecule has 0 fully saturated rings. The predicted molar refractivity (Wildman–Crippen MR) is 360 cm³/mol. The monoisotopic (exact) mass is 1970 g/mol. The summed E-state index contributed by atoms with van der Waals surface area (Å²) in [6.07, 6.45) is 4.78. The van der Waals surface area contributed by atoms with E-state index in [1.807, 2.05) is 0 Å². The number of carbonyl (C=O) groups excluding carboxylic acids is 6. The number of hydrogen-bond acceptors (Lipinski definition) is 44. The van der Waals surface area contributed by atoms with Gasteiger partial charge in [0.05, 0.1) is 57.0 Å². The topological polar surface area (TPSA) is 800 Å². The van der Waals surface area contributed by atoms with Crippen LogP contribution in [0.4, 0.5) is 35.2 Å². The first-order valence-corrected chi connectivity index (χ1v) is 39.5. The molecule has 2 amide bonds. The van der Waals surface area contributed by atoms with Crippen molar-refractivity contribution in [2.45, 2.75) is 109 Å². The summed E-state index contributed by atoms with van der Waals surface area (Å²) in [5.74, 6) is -6.86. The summed E-state index contributed by atoms with van der Waals surface area (Å²) >= 11 is 0. The van der Waals surface area contributed by atoms with E-state index in [0.29, 0.717) is 29.8 Å². The number of carbonyl (C=O) groups is 2. The zero-order chi connectivity index (χ0) is 80.1. The van der Waals surface area contributed by atoms with Gasteiger partial charge in [0.1, 0.15) is 52.1 Å². The molecule has 66 heteroatoms. The SMILES string of the molecule is CC(C)(CS(=O)(=O)[O-])NC(=O)CCN(c1nc(Cc2[c-]cc[c-]c2)nc(Cc2ccc(/C=C/c3ccc(Nc4nc(Nc5cc(S(=O)(=O)[O-])ccc5S(=O)(=O)[O-])nc(N(CCC(=O)NC(C)(C)CS(=O)(=O)[O-])C([C-]=O)C[C-]=O)n4)cc3S(=O)(=O)[O-])c(S(=O)(=O)[O-])c2)n1)C([C-]=O)C[C-]=O.O=S(=O)=O.O=S(=O)=O.[Na+].[Na+].[Na+].[Na+].[Na+].[Na+].[Na+].[Na+].[Na+].[Na+].[Na+].[Na+].[OH-].[OH-].[OH-].[OH-]. The Hall–Kier alpha value is 2.00. The number of amides is 2. The van der Waals surface area contributed by atoms with Crippen LogP contribution >= 0.6 is 0 Å². The van der Waals surface area contributed by atoms with E-state index < -0.39 is 234 Å². The first kappa shape index (κ1) is 152. The van der Waals surface area contributed by atoms with Crippen molar-refractivity contribution >= 4 is 166 Å². The number of aromatic nitrogens is 6. The maximum Gasteiger partial charge on any atom is 1.00 e. The van der Waals surface area contributed by atoms with Gasteiger partial charge in [0, 0.05) is 49.1 Å². The van der Waals surface area contributed by atoms with E-state index in [2.05, 4.69) is 63.3 Å². The van der Waals surface area contributed by atoms with Crippen LogP contribution < -0.4 is 386 Å². The van der Waals surface area contributed by atoms with Crippen molar-refractivity contribution in [3.63, 3.8) is 0 Å². The van der Waals surface area contributed by atoms with Gasteiger partial charge in [0.2, 0.25) is 35.6 Å². The van der Waals surface area contributed by atoms with Gasteiger partial charge in [-0.1, -0.05) is 42.4 Å². The summed E-state index contributed by atoms with van der Waals surface area (Å²) < 4.78 is 271. The molecule has 6 rings (SSSR count). The van der Waals surface area contributed by atoms with Crippen LogP contribution in [0.3, 0.4) is 0 Å². The molecule has 0 aliphatic heterocycles. The van der Waals surface area contributed by atoms with E-state index in [9.17, 15) is 107 Å². The van der Waals surface area contributed by atoms with Gasteiger partial charge in [0.15, 0.2) is 0 Å². The molecule has 0 bridgehead atoms. The van der Waals surface area contributed by atoms with E-state index in [-0.39, 0.29) is 406 Å². The molecule has 2 heterocycles. The van der Waals surface area contributed by atoms with Gasteiger partial charge in [-0.15, -0.1) is 25.3 Å². The van der Waals surface area contributed by atoms with Crippen molar-refractivity contribution in [3.05, 3.63) is 119 Å². The summed E-state index contributed by atoms with van der Waals surface area (Å²) in [6, 6.07) is 14.4. The molecule has 6 aromatic rings. The molecule has 0 aliphatic rings. The van der Waals surface area contributed by atoms with Gasteiger partial charge in [-0.3, -0.25) is 45.9 Å². The molecule has 0 saturated carbocycles. The molecule has 46 nitrogen and oxygen atoms in total. The second kappa shape index (κ2) is 69.8. The number of nitrogens with one attached hydrogen (secondary N) is 4. The number of nitrogens with zero attached hydrogens (tertiary/aromatic N) is 8. The molecular formula is C56H56N12Na12O34S8-4. The van der Waals surface area contributed by atoms with Crippen LogP contribution in [0.2, 0.25) is 0 Å². The minimum absolute atomic E-state index is 0. The van der Waals surface area contributed by atoms with Crippen molar-refractivity contribution < 1.29 is 508 Å². The Morgan fingerprint density at radius 3 is 1.24 bits per heavy atom. The second-order valence-corrected chi connectivity index (χ2v) is 31.7. The molecule has 0 radical (unpaired) electrons. The van der Waals surface area contributed by atoms with Crippen LogP contribution in [0.25, 0.3) is 12.2 Å². The Balaban J connectivity index is -0.000000430. The zero-order valence-electron chi connectivity index (χ0n) is 68.2. The maximum atomic E-state index is 13.2. The maximum absolute atomic E-state index is 13.2. The first-order valence-electron chi connectivity index (χ1n) is 28.7. The van der Waals surface area contributed by atoms with Crippen LogP contribution in [0.15, 0.2) is 92.4 Å². The molecular weight excluding hydrogens is 1920 g/mol. The fourth-order valence-electron chi connectivity index (χ4n) is 9.27. The molecule has 0 aliphatic carbocycles. The largest absolute Gasteiger partial charge is 1.00 e. The van der Waals surface area contributed by atoms with Gasteiger partial charge in [-0.2, -0.15) is 37.8 Å². The Kier molecular flexibility index (Phi) is 87.1. The molecule has 608 valence electrons. The van der Waals surface area contributed by atoms with Crippen molar-refractivity contribution in [1.29, 1.82) is 0 Å². The quantitative estimate of drug-likeness (QED) is 0.0123. The zero-order valence-corrected chi connectivity index (χ0v) is 98.7. The van der Waals surface area contributed by atoms with Crippen LogP contribution in [-0.4, -0.2) is 240 Å². The van der Waals surface area contributed by atoms with E-state index >= 15 is 0 Å². The van der Waals surface area contributed by atoms with Crippen LogP contribution in [0.1, 0.15) is 87.3 Å². The number of benzene rings is 4. The summed E-state index contributed by atoms with van der Waals surface area (Å²) in [5, 5.41) is 9.44. The van der Waals surface area contributed by atoms with Crippen LogP contribution in [0, 0.1) is 12.1 Å². The minimum Gasteiger partial charge on any atom is -0.870 e. The van der Waals surface area contributed by atoms with Gasteiger partial charge in [-0.05, 0) is 87.2 Å². The summed E-state index contributed by atoms with van der Waals surface area (Å²) in [6.45, 7) is 3.75. The molecule has 2 unspecified atom stereocenters. The first-order chi connectivity index (χ1) is 48.8. The summed E-state index contributed by atoms with van der Waals surface area (Å²) in [7, 11) is -38.0. The Morgan fingerprint density at radius 1 is 0.484 bits per heavy atom. The average Bonchev–Trinajstić information content (AvgIpc) is 0.786. The molecule has 0 saturated heterocycles. The molecule has 2 atom stereocenters. The van der Waals surface area contributed by atoms with Crippen molar-refractivity contribution in [3.8, 4) is 0 Å². The normalized spacial score (nSPS) is 11.0. The third-order valence-electron chi connectivity index (χ3n) is 13.1. The van der Waals surface area contributed by atoms with Crippen molar-refractivity contribution in [2.24, 2.45) is 0 Å². The Labute approximate surface area is 970 Å². The summed E-state index contributed by atoms with van der Waals surface area (Å²) in [5.41, 5.74) is -5.01. The third-order valence-corrected chi connectivity index (χ3v) is 18.8. The second-order valence-electron chi connectivity index (χ2n) is 22.6. The average molecular weight is 1970 g/mol. The smallest absolute Gasteiger partial charge is 0.870 e. The Bertz CT molecular complexity index is 5320. The number of hydrogen-bond donors (Lipinski definition) is 4. The van der Waals surface area contributed by atoms with Crippen LogP contribution in [-0.2, 0) is 124 Å². The predicted octanol–water partition coefficient (Wildman–Crippen LogP) is -39.3. The van der Waals surface area contributed by atoms with E-state index in [1.54, 1.807) is 18.6 Å². The fourth-order valence-corrected chi connectivity index (χ4v) is 13.7. The molecule has 4 aromatic carbocycles. The van der Waals surface area contributed by atoms with E-state index in [4.69, 9.17) is 25.3 Å². The molecule has 2 aromatic heterocycles. The van der Waals surface area contributed by atoms with Crippen molar-refractivity contribution in [1.82, 2.24) is 40.5 Å². The van der Waals surface area contributed by atoms with Gasteiger partial charge in [0.25, 0.3) is 0 Å². The van der Waals surface area contributed by atoms with E-state index in [1.165, 1.54) is 58.5 Å². The summed E-state index contributed by atoms with van der Waals surface area (Å²) in [4.78, 5) is 97.7. The van der Waals surface area contributed by atoms with Gasteiger partial charge < -0.3 is 112 Å². The van der Waals surface area contributed by atoms with Crippen molar-refractivity contribution in [2.75, 3.05) is 45.0 Å².